The summed E-state index contributed by atoms with van der Waals surface area (Å²) >= 11 is 6.06. The first kappa shape index (κ1) is 17.9. The van der Waals surface area contributed by atoms with E-state index in [0.717, 1.165) is 5.56 Å². The van der Waals surface area contributed by atoms with Gasteiger partial charge in [0.15, 0.2) is 0 Å². The van der Waals surface area contributed by atoms with Gasteiger partial charge in [0.2, 0.25) is 0 Å². The number of hydrogen-bond acceptors (Lipinski definition) is 3. The predicted molar refractivity (Wildman–Crippen MR) is 95.6 cm³/mol. The van der Waals surface area contributed by atoms with Crippen LogP contribution in [0.15, 0.2) is 36.5 Å². The van der Waals surface area contributed by atoms with Crippen LogP contribution in [0.5, 0.6) is 0 Å². The van der Waals surface area contributed by atoms with Crippen LogP contribution in [-0.4, -0.2) is 23.3 Å². The van der Waals surface area contributed by atoms with E-state index in [1.54, 1.807) is 18.2 Å². The van der Waals surface area contributed by atoms with Crippen molar-refractivity contribution in [2.45, 2.75) is 20.8 Å². The fourth-order valence-corrected chi connectivity index (χ4v) is 2.14. The zero-order chi connectivity index (χ0) is 17.7. The summed E-state index contributed by atoms with van der Waals surface area (Å²) in [7, 11) is 0. The summed E-state index contributed by atoms with van der Waals surface area (Å²) in [5, 5.41) is 6.12. The van der Waals surface area contributed by atoms with Crippen molar-refractivity contribution in [1.82, 2.24) is 10.3 Å². The largest absolute Gasteiger partial charge is 0.350 e. The number of nitrogens with zero attached hydrogens (tertiary/aromatic N) is 1. The minimum atomic E-state index is -0.324. The van der Waals surface area contributed by atoms with Crippen LogP contribution in [-0.2, 0) is 0 Å². The third-order valence-corrected chi connectivity index (χ3v) is 3.76. The maximum absolute atomic E-state index is 12.3. The fraction of sp³-hybridized carbons (Fsp3) is 0.278. The lowest BCUT2D eigenvalue weighted by Crippen LogP contribution is -2.28. The second-order valence-electron chi connectivity index (χ2n) is 5.95. The second kappa shape index (κ2) is 7.93. The minimum Gasteiger partial charge on any atom is -0.350 e. The van der Waals surface area contributed by atoms with Crippen LogP contribution in [0.4, 0.5) is 5.69 Å². The van der Waals surface area contributed by atoms with Crippen LogP contribution in [0.25, 0.3) is 0 Å². The lowest BCUT2D eigenvalue weighted by atomic mass is 10.1. The number of hydrogen-bond donors (Lipinski definition) is 2. The van der Waals surface area contributed by atoms with E-state index in [1.165, 1.54) is 12.3 Å². The molecule has 0 saturated heterocycles. The van der Waals surface area contributed by atoms with Crippen LogP contribution in [0.2, 0.25) is 5.02 Å². The number of pyridine rings is 1. The molecule has 0 aliphatic carbocycles. The molecule has 1 aromatic heterocycles. The van der Waals surface area contributed by atoms with Gasteiger partial charge in [-0.1, -0.05) is 31.5 Å². The van der Waals surface area contributed by atoms with Gasteiger partial charge in [-0.3, -0.25) is 14.6 Å². The van der Waals surface area contributed by atoms with Crippen LogP contribution in [0, 0.1) is 12.8 Å². The zero-order valence-electron chi connectivity index (χ0n) is 13.9. The molecule has 0 fully saturated rings. The number of anilines is 1. The van der Waals surface area contributed by atoms with E-state index < -0.39 is 0 Å². The molecule has 0 atom stereocenters. The van der Waals surface area contributed by atoms with Crippen molar-refractivity contribution in [3.8, 4) is 0 Å². The molecule has 0 radical (unpaired) electrons. The molecular formula is C18H20ClN3O2. The summed E-state index contributed by atoms with van der Waals surface area (Å²) < 4.78 is 0. The molecular weight excluding hydrogens is 326 g/mol. The molecule has 126 valence electrons. The molecule has 1 aromatic carbocycles. The highest BCUT2D eigenvalue weighted by Crippen LogP contribution is 2.20. The summed E-state index contributed by atoms with van der Waals surface area (Å²) in [6, 6.07) is 8.32. The number of amides is 2. The maximum Gasteiger partial charge on any atom is 0.269 e. The molecule has 6 heteroatoms. The van der Waals surface area contributed by atoms with E-state index in [-0.39, 0.29) is 17.5 Å². The highest BCUT2D eigenvalue weighted by molar-refractivity contribution is 6.31. The van der Waals surface area contributed by atoms with Gasteiger partial charge in [-0.15, -0.1) is 0 Å². The summed E-state index contributed by atoms with van der Waals surface area (Å²) in [6.45, 7) is 6.45. The highest BCUT2D eigenvalue weighted by Gasteiger charge is 2.12. The third kappa shape index (κ3) is 4.80. The molecule has 1 heterocycles. The Morgan fingerprint density at radius 2 is 1.92 bits per heavy atom. The predicted octanol–water partition coefficient (Wildman–Crippen LogP) is 3.68. The van der Waals surface area contributed by atoms with Crippen LogP contribution < -0.4 is 10.6 Å². The van der Waals surface area contributed by atoms with Crippen LogP contribution in [0.1, 0.15) is 40.3 Å². The SMILES string of the molecule is Cc1ccc(NC(=O)c2ccnc(C(=O)NCC(C)C)c2)cc1Cl. The Balaban J connectivity index is 2.11. The fourth-order valence-electron chi connectivity index (χ4n) is 1.96. The van der Waals surface area contributed by atoms with E-state index >= 15 is 0 Å². The minimum absolute atomic E-state index is 0.213. The molecule has 0 spiro atoms. The Labute approximate surface area is 146 Å². The molecule has 2 rings (SSSR count). The highest BCUT2D eigenvalue weighted by atomic mass is 35.5. The Bertz CT molecular complexity index is 760. The zero-order valence-corrected chi connectivity index (χ0v) is 14.6. The lowest BCUT2D eigenvalue weighted by molar-refractivity contribution is 0.0944. The van der Waals surface area contributed by atoms with E-state index in [2.05, 4.69) is 15.6 Å². The number of carbonyl (C=O) groups is 2. The van der Waals surface area contributed by atoms with Gasteiger partial charge in [-0.25, -0.2) is 0 Å². The van der Waals surface area contributed by atoms with Gasteiger partial charge in [-0.05, 0) is 42.7 Å². The van der Waals surface area contributed by atoms with Crippen molar-refractivity contribution in [1.29, 1.82) is 0 Å². The Morgan fingerprint density at radius 3 is 2.58 bits per heavy atom. The van der Waals surface area contributed by atoms with E-state index in [0.29, 0.717) is 28.7 Å². The van der Waals surface area contributed by atoms with Gasteiger partial charge in [0.05, 0.1) is 0 Å². The number of aromatic nitrogens is 1. The first-order valence-electron chi connectivity index (χ1n) is 7.68. The van der Waals surface area contributed by atoms with Crippen molar-refractivity contribution in [3.05, 3.63) is 58.4 Å². The Kier molecular flexibility index (Phi) is 5.93. The van der Waals surface area contributed by atoms with Gasteiger partial charge in [-0.2, -0.15) is 0 Å². The molecule has 0 unspecified atom stereocenters. The van der Waals surface area contributed by atoms with Crippen LogP contribution >= 0.6 is 11.6 Å². The Morgan fingerprint density at radius 1 is 1.17 bits per heavy atom. The molecule has 5 nitrogen and oxygen atoms in total. The van der Waals surface area contributed by atoms with Crippen LogP contribution in [0.3, 0.4) is 0 Å². The van der Waals surface area contributed by atoms with Crippen molar-refractivity contribution >= 4 is 29.1 Å². The smallest absolute Gasteiger partial charge is 0.269 e. The quantitative estimate of drug-likeness (QED) is 0.868. The molecule has 0 aliphatic rings. The number of carbonyl (C=O) groups excluding carboxylic acids is 2. The average molecular weight is 346 g/mol. The molecule has 0 saturated carbocycles. The first-order chi connectivity index (χ1) is 11.4. The van der Waals surface area contributed by atoms with Crippen molar-refractivity contribution in [3.63, 3.8) is 0 Å². The summed E-state index contributed by atoms with van der Waals surface area (Å²) in [6.07, 6.45) is 1.45. The Hall–Kier alpha value is -2.40. The van der Waals surface area contributed by atoms with Crippen molar-refractivity contribution in [2.24, 2.45) is 5.92 Å². The molecule has 0 aliphatic heterocycles. The number of nitrogens with one attached hydrogen (secondary N) is 2. The number of halogens is 1. The van der Waals surface area contributed by atoms with Gasteiger partial charge in [0.1, 0.15) is 5.69 Å². The normalized spacial score (nSPS) is 10.5. The van der Waals surface area contributed by atoms with Crippen molar-refractivity contribution in [2.75, 3.05) is 11.9 Å². The lowest BCUT2D eigenvalue weighted by Gasteiger charge is -2.09. The number of rotatable bonds is 5. The summed E-state index contributed by atoms with van der Waals surface area (Å²) in [5.41, 5.74) is 2.10. The second-order valence-corrected chi connectivity index (χ2v) is 6.36. The first-order valence-corrected chi connectivity index (χ1v) is 8.06. The van der Waals surface area contributed by atoms with E-state index in [4.69, 9.17) is 11.6 Å². The maximum atomic E-state index is 12.3. The van der Waals surface area contributed by atoms with Gasteiger partial charge < -0.3 is 10.6 Å². The van der Waals surface area contributed by atoms with Gasteiger partial charge >= 0.3 is 0 Å². The van der Waals surface area contributed by atoms with E-state index in [1.807, 2.05) is 26.8 Å². The average Bonchev–Trinajstić information content (AvgIpc) is 2.56. The summed E-state index contributed by atoms with van der Waals surface area (Å²) in [5.74, 6) is -0.279. The summed E-state index contributed by atoms with van der Waals surface area (Å²) in [4.78, 5) is 28.4. The number of aryl methyl sites for hydroxylation is 1. The van der Waals surface area contributed by atoms with Gasteiger partial charge in [0.25, 0.3) is 11.8 Å². The monoisotopic (exact) mass is 345 g/mol. The molecule has 2 amide bonds. The third-order valence-electron chi connectivity index (χ3n) is 3.36. The topological polar surface area (TPSA) is 71.1 Å². The van der Waals surface area contributed by atoms with Crippen molar-refractivity contribution < 1.29 is 9.59 Å². The standard InChI is InChI=1S/C18H20ClN3O2/c1-11(2)10-21-18(24)16-8-13(6-7-20-16)17(23)22-14-5-4-12(3)15(19)9-14/h4-9,11H,10H2,1-3H3,(H,21,24)(H,22,23). The molecule has 2 N–H and O–H groups in total. The molecule has 2 aromatic rings. The molecule has 24 heavy (non-hydrogen) atoms. The molecule has 0 bridgehead atoms. The number of benzene rings is 1. The van der Waals surface area contributed by atoms with E-state index in [9.17, 15) is 9.59 Å². The van der Waals surface area contributed by atoms with Gasteiger partial charge in [0, 0.05) is 29.0 Å².